The van der Waals surface area contributed by atoms with Crippen molar-refractivity contribution >= 4 is 0 Å². The Morgan fingerprint density at radius 1 is 1.12 bits per heavy atom. The van der Waals surface area contributed by atoms with Gasteiger partial charge in [0.1, 0.15) is 5.75 Å². The Kier molecular flexibility index (Phi) is 6.61. The second kappa shape index (κ2) is 8.13. The van der Waals surface area contributed by atoms with E-state index in [1.54, 1.807) is 7.11 Å². The van der Waals surface area contributed by atoms with E-state index >= 15 is 0 Å². The summed E-state index contributed by atoms with van der Waals surface area (Å²) in [4.78, 5) is 0. The number of rotatable bonds is 8. The van der Waals surface area contributed by atoms with E-state index in [9.17, 15) is 0 Å². The summed E-state index contributed by atoms with van der Waals surface area (Å²) >= 11 is 0. The van der Waals surface area contributed by atoms with Crippen LogP contribution in [-0.2, 0) is 11.3 Å². The zero-order valence-electron chi connectivity index (χ0n) is 9.82. The Labute approximate surface area is 97.0 Å². The van der Waals surface area contributed by atoms with Gasteiger partial charge in [-0.25, -0.2) is 0 Å². The summed E-state index contributed by atoms with van der Waals surface area (Å²) in [6, 6.07) is 7.56. The van der Waals surface area contributed by atoms with E-state index in [0.29, 0.717) is 0 Å². The van der Waals surface area contributed by atoms with Crippen molar-refractivity contribution in [3.8, 4) is 5.75 Å². The van der Waals surface area contributed by atoms with Gasteiger partial charge in [-0.1, -0.05) is 12.1 Å². The average molecular weight is 224 g/mol. The molecule has 0 amide bonds. The molecular formula is C13H20O3. The fraction of sp³-hybridized carbons (Fsp3) is 0.538. The topological polar surface area (TPSA) is 38.7 Å². The van der Waals surface area contributed by atoms with Crippen LogP contribution in [0.4, 0.5) is 0 Å². The van der Waals surface area contributed by atoms with E-state index in [-0.39, 0.29) is 6.61 Å². The molecule has 0 unspecified atom stereocenters. The number of methoxy groups -OCH3 is 1. The van der Waals surface area contributed by atoms with Crippen LogP contribution in [0.25, 0.3) is 0 Å². The normalized spacial score (nSPS) is 10.4. The van der Waals surface area contributed by atoms with Crippen molar-refractivity contribution < 1.29 is 14.6 Å². The third-order valence-electron chi connectivity index (χ3n) is 2.34. The van der Waals surface area contributed by atoms with Crippen LogP contribution < -0.4 is 4.74 Å². The summed E-state index contributed by atoms with van der Waals surface area (Å²) in [7, 11) is 1.72. The zero-order chi connectivity index (χ0) is 11.6. The molecule has 0 heterocycles. The Hall–Kier alpha value is -1.06. The fourth-order valence-corrected chi connectivity index (χ4v) is 1.45. The number of unbranched alkanes of at least 4 members (excludes halogenated alkanes) is 2. The van der Waals surface area contributed by atoms with Gasteiger partial charge in [0.15, 0.2) is 0 Å². The number of hydrogen-bond donors (Lipinski definition) is 1. The minimum atomic E-state index is 0.0606. The van der Waals surface area contributed by atoms with Crippen molar-refractivity contribution in [3.05, 3.63) is 29.8 Å². The highest BCUT2D eigenvalue weighted by Gasteiger charge is 1.96. The molecule has 16 heavy (non-hydrogen) atoms. The fourth-order valence-electron chi connectivity index (χ4n) is 1.45. The average Bonchev–Trinajstić information content (AvgIpc) is 2.34. The van der Waals surface area contributed by atoms with Gasteiger partial charge in [0.25, 0.3) is 0 Å². The molecule has 90 valence electrons. The molecule has 0 aliphatic heterocycles. The van der Waals surface area contributed by atoms with Crippen molar-refractivity contribution in [1.29, 1.82) is 0 Å². The zero-order valence-corrected chi connectivity index (χ0v) is 9.82. The molecule has 0 saturated carbocycles. The maximum atomic E-state index is 8.96. The van der Waals surface area contributed by atoms with E-state index in [2.05, 4.69) is 0 Å². The maximum absolute atomic E-state index is 8.96. The van der Waals surface area contributed by atoms with Gasteiger partial charge in [0.2, 0.25) is 0 Å². The molecule has 0 fully saturated rings. The van der Waals surface area contributed by atoms with Gasteiger partial charge in [-0.05, 0) is 37.0 Å². The first-order chi connectivity index (χ1) is 7.86. The molecule has 0 aliphatic carbocycles. The molecule has 0 aliphatic rings. The van der Waals surface area contributed by atoms with Gasteiger partial charge < -0.3 is 14.6 Å². The summed E-state index contributed by atoms with van der Waals surface area (Å²) in [5, 5.41) is 8.96. The molecule has 0 radical (unpaired) electrons. The molecule has 3 heteroatoms. The van der Waals surface area contributed by atoms with Crippen LogP contribution in [0.1, 0.15) is 24.8 Å². The third kappa shape index (κ3) is 5.14. The van der Waals surface area contributed by atoms with Crippen LogP contribution in [0.3, 0.4) is 0 Å². The monoisotopic (exact) mass is 224 g/mol. The largest absolute Gasteiger partial charge is 0.494 e. The molecule has 1 aromatic rings. The van der Waals surface area contributed by atoms with Crippen LogP contribution in [-0.4, -0.2) is 25.4 Å². The minimum absolute atomic E-state index is 0.0606. The van der Waals surface area contributed by atoms with Crippen molar-refractivity contribution in [2.45, 2.75) is 25.9 Å². The third-order valence-corrected chi connectivity index (χ3v) is 2.34. The van der Waals surface area contributed by atoms with E-state index < -0.39 is 0 Å². The molecule has 1 aromatic carbocycles. The van der Waals surface area contributed by atoms with Crippen LogP contribution in [0.5, 0.6) is 5.75 Å². The first-order valence-electron chi connectivity index (χ1n) is 5.68. The molecule has 1 rings (SSSR count). The number of aliphatic hydroxyl groups excluding tert-OH is 1. The van der Waals surface area contributed by atoms with Crippen molar-refractivity contribution in [1.82, 2.24) is 0 Å². The van der Waals surface area contributed by atoms with Crippen LogP contribution in [0, 0.1) is 0 Å². The Balaban J connectivity index is 2.16. The number of hydrogen-bond acceptors (Lipinski definition) is 3. The number of aliphatic hydroxyl groups is 1. The first kappa shape index (κ1) is 13.0. The highest BCUT2D eigenvalue weighted by molar-refractivity contribution is 5.27. The highest BCUT2D eigenvalue weighted by Crippen LogP contribution is 2.13. The Bertz CT molecular complexity index is 286. The van der Waals surface area contributed by atoms with Crippen molar-refractivity contribution in [2.75, 3.05) is 20.3 Å². The van der Waals surface area contributed by atoms with E-state index in [0.717, 1.165) is 43.8 Å². The van der Waals surface area contributed by atoms with Crippen molar-refractivity contribution in [3.63, 3.8) is 0 Å². The first-order valence-corrected chi connectivity index (χ1v) is 5.68. The van der Waals surface area contributed by atoms with Gasteiger partial charge in [0.05, 0.1) is 13.2 Å². The summed E-state index contributed by atoms with van der Waals surface area (Å²) in [6.45, 7) is 1.60. The lowest BCUT2D eigenvalue weighted by atomic mass is 10.2. The Morgan fingerprint density at radius 2 is 1.94 bits per heavy atom. The molecular weight excluding hydrogens is 204 g/mol. The van der Waals surface area contributed by atoms with Crippen LogP contribution in [0.2, 0.25) is 0 Å². The van der Waals surface area contributed by atoms with Gasteiger partial charge in [0, 0.05) is 13.7 Å². The van der Waals surface area contributed by atoms with Gasteiger partial charge in [-0.3, -0.25) is 0 Å². The molecule has 0 saturated heterocycles. The van der Waals surface area contributed by atoms with Crippen LogP contribution in [0.15, 0.2) is 24.3 Å². The second-order valence-electron chi connectivity index (χ2n) is 3.71. The van der Waals surface area contributed by atoms with E-state index in [4.69, 9.17) is 14.6 Å². The smallest absolute Gasteiger partial charge is 0.119 e. The standard InChI is InChI=1S/C13H20O3/c1-15-8-3-2-4-9-16-13-7-5-6-12(10-13)11-14/h5-7,10,14H,2-4,8-9,11H2,1H3. The predicted octanol–water partition coefficient (Wildman–Crippen LogP) is 2.37. The van der Waals surface area contributed by atoms with Crippen molar-refractivity contribution in [2.24, 2.45) is 0 Å². The molecule has 0 aromatic heterocycles. The van der Waals surface area contributed by atoms with E-state index in [1.807, 2.05) is 24.3 Å². The molecule has 0 atom stereocenters. The molecule has 3 nitrogen and oxygen atoms in total. The van der Waals surface area contributed by atoms with Gasteiger partial charge >= 0.3 is 0 Å². The lowest BCUT2D eigenvalue weighted by Gasteiger charge is -2.07. The minimum Gasteiger partial charge on any atom is -0.494 e. The molecule has 0 bridgehead atoms. The predicted molar refractivity (Wildman–Crippen MR) is 63.6 cm³/mol. The highest BCUT2D eigenvalue weighted by atomic mass is 16.5. The summed E-state index contributed by atoms with van der Waals surface area (Å²) in [5.41, 5.74) is 0.886. The molecule has 0 spiro atoms. The summed E-state index contributed by atoms with van der Waals surface area (Å²) in [6.07, 6.45) is 3.23. The van der Waals surface area contributed by atoms with E-state index in [1.165, 1.54) is 0 Å². The van der Waals surface area contributed by atoms with Crippen LogP contribution >= 0.6 is 0 Å². The maximum Gasteiger partial charge on any atom is 0.119 e. The lowest BCUT2D eigenvalue weighted by Crippen LogP contribution is -1.99. The summed E-state index contributed by atoms with van der Waals surface area (Å²) < 4.78 is 10.5. The SMILES string of the molecule is COCCCCCOc1cccc(CO)c1. The van der Waals surface area contributed by atoms with Gasteiger partial charge in [-0.15, -0.1) is 0 Å². The summed E-state index contributed by atoms with van der Waals surface area (Å²) in [5.74, 6) is 0.832. The van der Waals surface area contributed by atoms with Gasteiger partial charge in [-0.2, -0.15) is 0 Å². The quantitative estimate of drug-likeness (QED) is 0.689. The lowest BCUT2D eigenvalue weighted by molar-refractivity contribution is 0.189. The second-order valence-corrected chi connectivity index (χ2v) is 3.71. The number of ether oxygens (including phenoxy) is 2. The number of benzene rings is 1. The Morgan fingerprint density at radius 3 is 2.69 bits per heavy atom. The molecule has 1 N–H and O–H groups in total.